The van der Waals surface area contributed by atoms with E-state index in [-0.39, 0.29) is 23.6 Å². The molecule has 6 rings (SSSR count). The van der Waals surface area contributed by atoms with Gasteiger partial charge in [0.2, 0.25) is 0 Å². The van der Waals surface area contributed by atoms with Gasteiger partial charge >= 0.3 is 0 Å². The zero-order valence-corrected chi connectivity index (χ0v) is 22.7. The highest BCUT2D eigenvalue weighted by atomic mass is 35.5. The summed E-state index contributed by atoms with van der Waals surface area (Å²) in [6.45, 7) is 8.08. The number of nitrogens with one attached hydrogen (secondary N) is 1. The number of aromatic nitrogens is 5. The number of pyridine rings is 1. The predicted molar refractivity (Wildman–Crippen MR) is 146 cm³/mol. The molecule has 0 radical (unpaired) electrons. The summed E-state index contributed by atoms with van der Waals surface area (Å²) in [7, 11) is 1.90. The van der Waals surface area contributed by atoms with Crippen LogP contribution in [0, 0.1) is 6.92 Å². The molecule has 2 aliphatic heterocycles. The van der Waals surface area contributed by atoms with Crippen molar-refractivity contribution in [2.24, 2.45) is 7.05 Å². The number of hydrogen-bond donors (Lipinski definition) is 1. The molecule has 1 N–H and O–H groups in total. The molecular weight excluding hydrogens is 506 g/mol. The average Bonchev–Trinajstić information content (AvgIpc) is 3.49. The van der Waals surface area contributed by atoms with Crippen LogP contribution in [0.15, 0.2) is 29.3 Å². The lowest BCUT2D eigenvalue weighted by Gasteiger charge is -2.40. The molecule has 0 saturated carbocycles. The van der Waals surface area contributed by atoms with E-state index in [9.17, 15) is 9.59 Å². The molecule has 38 heavy (non-hydrogen) atoms. The Morgan fingerprint density at radius 3 is 2.66 bits per heavy atom. The lowest BCUT2D eigenvalue weighted by atomic mass is 10.0. The standard InChI is InChI=1S/C27H32ClN7O3/c1-16-10-23-20(25-21(26(36)31-23)12-30-35(25)18-4-8-38-9-5-18)11-19(16)27(37)34-7-6-33(17(2)14-34)15-24-22(28)13-29-32(24)3/h10-13,17-18H,4-9,14-15H2,1-3H3,(H,31,36)/t17-/m0/s1. The number of ether oxygens (including phenoxy) is 1. The van der Waals surface area contributed by atoms with Gasteiger partial charge in [-0.15, -0.1) is 0 Å². The SMILES string of the molecule is Cc1cc2[nH]c(=O)c3cnn(C4CCOCC4)c3c2cc1C(=O)N1CCN(Cc2c(Cl)cnn2C)[C@@H](C)C1. The molecule has 200 valence electrons. The second-order valence-electron chi connectivity index (χ2n) is 10.5. The van der Waals surface area contributed by atoms with Gasteiger partial charge in [0.05, 0.1) is 45.6 Å². The minimum absolute atomic E-state index is 0.00551. The highest BCUT2D eigenvalue weighted by molar-refractivity contribution is 6.31. The molecule has 0 unspecified atom stereocenters. The van der Waals surface area contributed by atoms with E-state index in [1.54, 1.807) is 17.1 Å². The van der Waals surface area contributed by atoms with Crippen LogP contribution in [-0.4, -0.2) is 79.1 Å². The lowest BCUT2D eigenvalue weighted by Crippen LogP contribution is -2.53. The quantitative estimate of drug-likeness (QED) is 0.429. The highest BCUT2D eigenvalue weighted by Gasteiger charge is 2.30. The highest BCUT2D eigenvalue weighted by Crippen LogP contribution is 2.30. The van der Waals surface area contributed by atoms with E-state index in [0.717, 1.165) is 47.1 Å². The summed E-state index contributed by atoms with van der Waals surface area (Å²) in [5.74, 6) is 0.00551. The van der Waals surface area contributed by atoms with Crippen LogP contribution in [0.2, 0.25) is 5.02 Å². The largest absolute Gasteiger partial charge is 0.381 e. The third kappa shape index (κ3) is 4.30. The molecule has 2 fully saturated rings. The maximum absolute atomic E-state index is 13.8. The van der Waals surface area contributed by atoms with Crippen molar-refractivity contribution in [2.75, 3.05) is 32.8 Å². The number of rotatable bonds is 4. The first kappa shape index (κ1) is 25.1. The van der Waals surface area contributed by atoms with Crippen molar-refractivity contribution in [2.45, 2.75) is 45.3 Å². The van der Waals surface area contributed by atoms with Crippen molar-refractivity contribution >= 4 is 39.3 Å². The van der Waals surface area contributed by atoms with E-state index in [1.165, 1.54) is 0 Å². The molecule has 0 spiro atoms. The molecule has 10 nitrogen and oxygen atoms in total. The maximum Gasteiger partial charge on any atom is 0.259 e. The Balaban J connectivity index is 1.31. The fourth-order valence-electron chi connectivity index (χ4n) is 5.82. The number of carbonyl (C=O) groups is 1. The van der Waals surface area contributed by atoms with Crippen molar-refractivity contribution in [1.29, 1.82) is 0 Å². The van der Waals surface area contributed by atoms with E-state index in [4.69, 9.17) is 16.3 Å². The molecule has 4 aromatic rings. The number of amides is 1. The van der Waals surface area contributed by atoms with Gasteiger partial charge in [0.1, 0.15) is 0 Å². The molecule has 2 aliphatic rings. The Bertz CT molecular complexity index is 1560. The van der Waals surface area contributed by atoms with E-state index in [1.807, 2.05) is 35.7 Å². The Labute approximate surface area is 225 Å². The van der Waals surface area contributed by atoms with Crippen molar-refractivity contribution in [3.8, 4) is 0 Å². The molecule has 1 amide bonds. The first-order chi connectivity index (χ1) is 18.3. The summed E-state index contributed by atoms with van der Waals surface area (Å²) in [6.07, 6.45) is 4.99. The maximum atomic E-state index is 13.8. The van der Waals surface area contributed by atoms with Gasteiger partial charge in [-0.25, -0.2) is 0 Å². The van der Waals surface area contributed by atoms with Gasteiger partial charge in [0.25, 0.3) is 11.5 Å². The smallest absolute Gasteiger partial charge is 0.259 e. The third-order valence-corrected chi connectivity index (χ3v) is 8.41. The molecule has 3 aromatic heterocycles. The Morgan fingerprint density at radius 1 is 1.16 bits per heavy atom. The molecular formula is C27H32ClN7O3. The van der Waals surface area contributed by atoms with E-state index < -0.39 is 0 Å². The van der Waals surface area contributed by atoms with Crippen molar-refractivity contribution in [3.05, 3.63) is 56.7 Å². The monoisotopic (exact) mass is 537 g/mol. The van der Waals surface area contributed by atoms with E-state index in [0.29, 0.717) is 48.8 Å². The van der Waals surface area contributed by atoms with Crippen LogP contribution in [0.4, 0.5) is 0 Å². The normalized spacial score (nSPS) is 19.6. The number of H-pyrrole nitrogens is 1. The van der Waals surface area contributed by atoms with Crippen LogP contribution in [-0.2, 0) is 18.3 Å². The average molecular weight is 538 g/mol. The van der Waals surface area contributed by atoms with Crippen LogP contribution < -0.4 is 5.56 Å². The predicted octanol–water partition coefficient (Wildman–Crippen LogP) is 3.27. The minimum atomic E-state index is -0.164. The van der Waals surface area contributed by atoms with Gasteiger partial charge < -0.3 is 14.6 Å². The number of piperazine rings is 1. The Hall–Kier alpha value is -3.21. The minimum Gasteiger partial charge on any atom is -0.381 e. The van der Waals surface area contributed by atoms with Crippen LogP contribution >= 0.6 is 11.6 Å². The number of nitrogens with zero attached hydrogens (tertiary/aromatic N) is 6. The molecule has 5 heterocycles. The second kappa shape index (κ2) is 9.83. The lowest BCUT2D eigenvalue weighted by molar-refractivity contribution is 0.0488. The molecule has 1 aromatic carbocycles. The van der Waals surface area contributed by atoms with Crippen LogP contribution in [0.1, 0.15) is 47.4 Å². The number of benzene rings is 1. The first-order valence-electron chi connectivity index (χ1n) is 13.1. The van der Waals surface area contributed by atoms with Gasteiger partial charge in [-0.1, -0.05) is 11.6 Å². The molecule has 1 atom stereocenters. The third-order valence-electron chi connectivity index (χ3n) is 8.09. The Kier molecular flexibility index (Phi) is 6.49. The summed E-state index contributed by atoms with van der Waals surface area (Å²) < 4.78 is 9.31. The molecule has 0 aliphatic carbocycles. The van der Waals surface area contributed by atoms with Gasteiger partial charge in [0.15, 0.2) is 0 Å². The van der Waals surface area contributed by atoms with Crippen molar-refractivity contribution < 1.29 is 9.53 Å². The summed E-state index contributed by atoms with van der Waals surface area (Å²) in [5, 5.41) is 10.9. The Morgan fingerprint density at radius 2 is 1.95 bits per heavy atom. The van der Waals surface area contributed by atoms with Crippen LogP contribution in [0.3, 0.4) is 0 Å². The molecule has 0 bridgehead atoms. The summed E-state index contributed by atoms with van der Waals surface area (Å²) in [5.41, 5.74) is 3.81. The number of hydrogen-bond acceptors (Lipinski definition) is 6. The fourth-order valence-corrected chi connectivity index (χ4v) is 6.05. The summed E-state index contributed by atoms with van der Waals surface area (Å²) >= 11 is 6.33. The number of aromatic amines is 1. The summed E-state index contributed by atoms with van der Waals surface area (Å²) in [6, 6.07) is 4.18. The van der Waals surface area contributed by atoms with Gasteiger partial charge in [-0.3, -0.25) is 23.9 Å². The van der Waals surface area contributed by atoms with E-state index in [2.05, 4.69) is 27.0 Å². The number of fused-ring (bicyclic) bond motifs is 3. The van der Waals surface area contributed by atoms with Crippen LogP contribution in [0.25, 0.3) is 21.8 Å². The molecule has 11 heteroatoms. The number of aryl methyl sites for hydroxylation is 2. The van der Waals surface area contributed by atoms with Crippen LogP contribution in [0.5, 0.6) is 0 Å². The van der Waals surface area contributed by atoms with Crippen molar-refractivity contribution in [1.82, 2.24) is 34.3 Å². The van der Waals surface area contributed by atoms with Gasteiger partial charge in [0, 0.05) is 63.4 Å². The fraction of sp³-hybridized carbons (Fsp3) is 0.481. The van der Waals surface area contributed by atoms with Gasteiger partial charge in [-0.05, 0) is 44.4 Å². The van der Waals surface area contributed by atoms with Gasteiger partial charge in [-0.2, -0.15) is 10.2 Å². The second-order valence-corrected chi connectivity index (χ2v) is 10.9. The first-order valence-corrected chi connectivity index (χ1v) is 13.5. The van der Waals surface area contributed by atoms with E-state index >= 15 is 0 Å². The number of carbonyl (C=O) groups excluding carboxylic acids is 1. The zero-order valence-electron chi connectivity index (χ0n) is 21.9. The zero-order chi connectivity index (χ0) is 26.6. The summed E-state index contributed by atoms with van der Waals surface area (Å²) in [4.78, 5) is 34.0. The number of halogens is 1. The topological polar surface area (TPSA) is 101 Å². The molecule has 2 saturated heterocycles. The van der Waals surface area contributed by atoms with Crippen molar-refractivity contribution in [3.63, 3.8) is 0 Å².